The van der Waals surface area contributed by atoms with E-state index in [4.69, 9.17) is 22.4 Å². The topological polar surface area (TPSA) is 46.2 Å². The Kier molecular flexibility index (Phi) is 4.45. The molecule has 0 heterocycles. The van der Waals surface area contributed by atoms with Crippen LogP contribution in [0.5, 0.6) is 0 Å². The second-order valence-electron chi connectivity index (χ2n) is 3.16. The van der Waals surface area contributed by atoms with E-state index in [9.17, 15) is 8.78 Å². The van der Waals surface area contributed by atoms with E-state index in [1.165, 1.54) is 12.1 Å². The van der Waals surface area contributed by atoms with Crippen LogP contribution in [0.3, 0.4) is 0 Å². The summed E-state index contributed by atoms with van der Waals surface area (Å²) in [4.78, 5) is 0. The number of aliphatic hydroxyl groups is 1. The second-order valence-corrected chi connectivity index (χ2v) is 3.57. The third-order valence-electron chi connectivity index (χ3n) is 2.14. The fourth-order valence-corrected chi connectivity index (χ4v) is 1.67. The van der Waals surface area contributed by atoms with Gasteiger partial charge in [0.25, 0.3) is 6.43 Å². The molecule has 2 nitrogen and oxygen atoms in total. The van der Waals surface area contributed by atoms with Gasteiger partial charge in [-0.15, -0.1) is 0 Å². The van der Waals surface area contributed by atoms with E-state index in [0.29, 0.717) is 5.56 Å². The number of aliphatic hydroxyl groups excluding tert-OH is 1. The van der Waals surface area contributed by atoms with Crippen LogP contribution in [0.2, 0.25) is 5.02 Å². The number of rotatable bonds is 4. The molecule has 0 amide bonds. The van der Waals surface area contributed by atoms with Gasteiger partial charge in [-0.25, -0.2) is 8.78 Å². The first kappa shape index (κ1) is 12.4. The maximum absolute atomic E-state index is 12.7. The summed E-state index contributed by atoms with van der Waals surface area (Å²) in [6.45, 7) is -0.143. The number of hydrogen-bond donors (Lipinski definition) is 2. The van der Waals surface area contributed by atoms with Crippen molar-refractivity contribution in [1.29, 1.82) is 0 Å². The molecule has 3 N–H and O–H groups in total. The Hall–Kier alpha value is -0.710. The van der Waals surface area contributed by atoms with Gasteiger partial charge in [-0.3, -0.25) is 0 Å². The van der Waals surface area contributed by atoms with Crippen molar-refractivity contribution in [2.45, 2.75) is 18.9 Å². The summed E-state index contributed by atoms with van der Waals surface area (Å²) in [6, 6.07) is 3.87. The van der Waals surface area contributed by atoms with E-state index in [-0.39, 0.29) is 23.6 Å². The molecule has 1 aromatic rings. The highest BCUT2D eigenvalue weighted by Gasteiger charge is 2.20. The molecule has 0 spiro atoms. The molecule has 0 bridgehead atoms. The smallest absolute Gasteiger partial charge is 0.265 e. The van der Waals surface area contributed by atoms with Crippen LogP contribution in [0.25, 0.3) is 0 Å². The van der Waals surface area contributed by atoms with Gasteiger partial charge in [0.05, 0.1) is 0 Å². The van der Waals surface area contributed by atoms with Crippen molar-refractivity contribution in [3.63, 3.8) is 0 Å². The molecule has 0 saturated heterocycles. The Morgan fingerprint density at radius 3 is 2.60 bits per heavy atom. The summed E-state index contributed by atoms with van der Waals surface area (Å²) in [5, 5.41) is 8.71. The lowest BCUT2D eigenvalue weighted by molar-refractivity contribution is 0.149. The normalized spacial score (nSPS) is 13.2. The molecular formula is C10H12ClF2NO. The molecule has 1 unspecified atom stereocenters. The van der Waals surface area contributed by atoms with E-state index >= 15 is 0 Å². The van der Waals surface area contributed by atoms with Crippen LogP contribution >= 0.6 is 11.6 Å². The summed E-state index contributed by atoms with van der Waals surface area (Å²) in [5.74, 6) is 0. The van der Waals surface area contributed by atoms with Gasteiger partial charge in [-0.05, 0) is 18.1 Å². The predicted octanol–water partition coefficient (Wildman–Crippen LogP) is 2.66. The highest BCUT2D eigenvalue weighted by atomic mass is 35.5. The molecule has 0 aliphatic rings. The van der Waals surface area contributed by atoms with E-state index in [1.807, 2.05) is 0 Å². The lowest BCUT2D eigenvalue weighted by Gasteiger charge is -2.16. The van der Waals surface area contributed by atoms with E-state index < -0.39 is 12.5 Å². The summed E-state index contributed by atoms with van der Waals surface area (Å²) in [5.41, 5.74) is 5.72. The molecule has 0 aromatic heterocycles. The first-order valence-corrected chi connectivity index (χ1v) is 4.88. The zero-order valence-electron chi connectivity index (χ0n) is 7.96. The van der Waals surface area contributed by atoms with Crippen molar-refractivity contribution >= 4 is 11.6 Å². The van der Waals surface area contributed by atoms with Gasteiger partial charge in [-0.2, -0.15) is 0 Å². The number of nitrogens with two attached hydrogens (primary N) is 1. The minimum Gasteiger partial charge on any atom is -0.396 e. The van der Waals surface area contributed by atoms with Crippen LogP contribution in [0.15, 0.2) is 18.2 Å². The van der Waals surface area contributed by atoms with Crippen molar-refractivity contribution in [3.8, 4) is 0 Å². The molecule has 0 fully saturated rings. The third-order valence-corrected chi connectivity index (χ3v) is 2.47. The van der Waals surface area contributed by atoms with Gasteiger partial charge in [0.1, 0.15) is 0 Å². The quantitative estimate of drug-likeness (QED) is 0.843. The fraction of sp³-hybridized carbons (Fsp3) is 0.400. The summed E-state index contributed by atoms with van der Waals surface area (Å²) < 4.78 is 25.4. The van der Waals surface area contributed by atoms with E-state index in [0.717, 1.165) is 0 Å². The predicted molar refractivity (Wildman–Crippen MR) is 55.0 cm³/mol. The van der Waals surface area contributed by atoms with Crippen LogP contribution in [0, 0.1) is 0 Å². The van der Waals surface area contributed by atoms with E-state index in [2.05, 4.69) is 0 Å². The van der Waals surface area contributed by atoms with Crippen LogP contribution in [-0.4, -0.2) is 11.7 Å². The van der Waals surface area contributed by atoms with Crippen LogP contribution in [-0.2, 0) is 0 Å². The van der Waals surface area contributed by atoms with Gasteiger partial charge in [-0.1, -0.05) is 23.7 Å². The van der Waals surface area contributed by atoms with E-state index in [1.54, 1.807) is 6.07 Å². The Balaban J connectivity index is 3.10. The largest absolute Gasteiger partial charge is 0.396 e. The second kappa shape index (κ2) is 5.39. The van der Waals surface area contributed by atoms with Crippen LogP contribution in [0.4, 0.5) is 8.78 Å². The van der Waals surface area contributed by atoms with Crippen molar-refractivity contribution < 1.29 is 13.9 Å². The number of benzene rings is 1. The Labute approximate surface area is 91.7 Å². The standard InChI is InChI=1S/C10H12ClF2NO/c11-7-3-1-2-6(8(14)4-5-15)9(7)10(12)13/h1-3,8,10,15H,4-5,14H2. The molecule has 0 radical (unpaired) electrons. The zero-order chi connectivity index (χ0) is 11.4. The zero-order valence-corrected chi connectivity index (χ0v) is 8.72. The SMILES string of the molecule is NC(CCO)c1cccc(Cl)c1C(F)F. The number of alkyl halides is 2. The monoisotopic (exact) mass is 235 g/mol. The van der Waals surface area contributed by atoms with Gasteiger partial charge in [0.2, 0.25) is 0 Å². The highest BCUT2D eigenvalue weighted by molar-refractivity contribution is 6.31. The first-order valence-electron chi connectivity index (χ1n) is 4.50. The maximum Gasteiger partial charge on any atom is 0.265 e. The summed E-state index contributed by atoms with van der Waals surface area (Å²) in [6.07, 6.45) is -2.42. The van der Waals surface area contributed by atoms with Crippen LogP contribution in [0.1, 0.15) is 30.0 Å². The average Bonchev–Trinajstić information content (AvgIpc) is 2.17. The minimum absolute atomic E-state index is 0.0101. The third kappa shape index (κ3) is 2.87. The van der Waals surface area contributed by atoms with Crippen molar-refractivity contribution in [2.75, 3.05) is 6.61 Å². The van der Waals surface area contributed by atoms with Gasteiger partial charge in [0, 0.05) is 23.2 Å². The van der Waals surface area contributed by atoms with Crippen LogP contribution < -0.4 is 5.73 Å². The Morgan fingerprint density at radius 1 is 1.40 bits per heavy atom. The molecule has 0 saturated carbocycles. The molecule has 1 aromatic carbocycles. The lowest BCUT2D eigenvalue weighted by atomic mass is 9.99. The molecular weight excluding hydrogens is 224 g/mol. The first-order chi connectivity index (χ1) is 7.07. The average molecular weight is 236 g/mol. The van der Waals surface area contributed by atoms with Crippen molar-refractivity contribution in [1.82, 2.24) is 0 Å². The molecule has 0 aliphatic heterocycles. The fourth-order valence-electron chi connectivity index (χ4n) is 1.40. The summed E-state index contributed by atoms with van der Waals surface area (Å²) in [7, 11) is 0. The van der Waals surface area contributed by atoms with Crippen molar-refractivity contribution in [3.05, 3.63) is 34.3 Å². The molecule has 0 aliphatic carbocycles. The minimum atomic E-state index is -2.65. The van der Waals surface area contributed by atoms with Gasteiger partial charge >= 0.3 is 0 Å². The summed E-state index contributed by atoms with van der Waals surface area (Å²) >= 11 is 5.67. The Morgan fingerprint density at radius 2 is 2.07 bits per heavy atom. The van der Waals surface area contributed by atoms with Gasteiger partial charge < -0.3 is 10.8 Å². The molecule has 1 rings (SSSR count). The maximum atomic E-state index is 12.7. The number of halogens is 3. The number of hydrogen-bond acceptors (Lipinski definition) is 2. The molecule has 84 valence electrons. The van der Waals surface area contributed by atoms with Crippen molar-refractivity contribution in [2.24, 2.45) is 5.73 Å². The molecule has 15 heavy (non-hydrogen) atoms. The van der Waals surface area contributed by atoms with Gasteiger partial charge in [0.15, 0.2) is 0 Å². The Bertz CT molecular complexity index is 333. The highest BCUT2D eigenvalue weighted by Crippen LogP contribution is 2.33. The molecule has 1 atom stereocenters. The molecule has 5 heteroatoms. The lowest BCUT2D eigenvalue weighted by Crippen LogP contribution is -2.14.